The first kappa shape index (κ1) is 16.6. The van der Waals surface area contributed by atoms with E-state index < -0.39 is 11.5 Å². The fourth-order valence-corrected chi connectivity index (χ4v) is 2.58. The first-order chi connectivity index (χ1) is 10.3. The topological polar surface area (TPSA) is 73.9 Å². The van der Waals surface area contributed by atoms with Crippen molar-refractivity contribution in [2.75, 3.05) is 20.3 Å². The van der Waals surface area contributed by atoms with Crippen molar-refractivity contribution < 1.29 is 23.8 Å². The number of methoxy groups -OCH3 is 1. The van der Waals surface area contributed by atoms with Crippen LogP contribution in [-0.4, -0.2) is 37.7 Å². The number of carbonyl (C=O) groups is 2. The average Bonchev–Trinajstić information content (AvgIpc) is 2.46. The monoisotopic (exact) mass is 371 g/mol. The van der Waals surface area contributed by atoms with Gasteiger partial charge in [-0.15, -0.1) is 0 Å². The Morgan fingerprint density at radius 3 is 2.45 bits per heavy atom. The summed E-state index contributed by atoms with van der Waals surface area (Å²) < 4.78 is 16.4. The van der Waals surface area contributed by atoms with Crippen molar-refractivity contribution in [3.8, 4) is 11.5 Å². The van der Waals surface area contributed by atoms with E-state index in [4.69, 9.17) is 9.47 Å². The molecule has 0 unspecified atom stereocenters. The quantitative estimate of drug-likeness (QED) is 0.817. The molecule has 0 bridgehead atoms. The molecule has 0 saturated carbocycles. The van der Waals surface area contributed by atoms with Crippen molar-refractivity contribution in [3.63, 3.8) is 0 Å². The Balaban J connectivity index is 2.10. The predicted molar refractivity (Wildman–Crippen MR) is 83.1 cm³/mol. The Labute approximate surface area is 137 Å². The number of esters is 1. The number of ether oxygens (including phenoxy) is 3. The van der Waals surface area contributed by atoms with E-state index >= 15 is 0 Å². The molecule has 1 heterocycles. The number of hydrogen-bond acceptors (Lipinski definition) is 5. The van der Waals surface area contributed by atoms with Crippen molar-refractivity contribution in [2.24, 2.45) is 0 Å². The lowest BCUT2D eigenvalue weighted by molar-refractivity contribution is -0.149. The highest BCUT2D eigenvalue weighted by Gasteiger charge is 2.30. The van der Waals surface area contributed by atoms with Crippen molar-refractivity contribution >= 4 is 27.8 Å². The molecule has 1 amide bonds. The zero-order valence-corrected chi connectivity index (χ0v) is 14.3. The number of carbonyl (C=O) groups excluding carboxylic acids is 2. The number of benzene rings is 1. The second-order valence-corrected chi connectivity index (χ2v) is 6.28. The fourth-order valence-electron chi connectivity index (χ4n) is 2.11. The van der Waals surface area contributed by atoms with Gasteiger partial charge in [-0.25, -0.2) is 4.79 Å². The lowest BCUT2D eigenvalue weighted by atomic mass is 10.0. The zero-order valence-electron chi connectivity index (χ0n) is 12.7. The molecule has 0 saturated heterocycles. The summed E-state index contributed by atoms with van der Waals surface area (Å²) in [6.07, 6.45) is 0.109. The second-order valence-electron chi connectivity index (χ2n) is 5.43. The van der Waals surface area contributed by atoms with Gasteiger partial charge < -0.3 is 19.5 Å². The van der Waals surface area contributed by atoms with Gasteiger partial charge >= 0.3 is 5.97 Å². The maximum Gasteiger partial charge on any atom is 0.330 e. The third-order valence-corrected chi connectivity index (χ3v) is 3.95. The third kappa shape index (κ3) is 3.71. The Hall–Kier alpha value is -1.76. The summed E-state index contributed by atoms with van der Waals surface area (Å²) in [5, 5.41) is 2.66. The largest absolute Gasteiger partial charge is 0.486 e. The fraction of sp³-hybridized carbons (Fsp3) is 0.467. The molecule has 7 heteroatoms. The summed E-state index contributed by atoms with van der Waals surface area (Å²) in [5.41, 5.74) is -0.325. The summed E-state index contributed by atoms with van der Waals surface area (Å²) in [6.45, 7) is 4.17. The first-order valence-corrected chi connectivity index (χ1v) is 7.60. The average molecular weight is 372 g/mol. The van der Waals surface area contributed by atoms with Crippen molar-refractivity contribution in [3.05, 3.63) is 22.2 Å². The molecule has 1 aliphatic heterocycles. The van der Waals surface area contributed by atoms with E-state index in [1.165, 1.54) is 7.11 Å². The van der Waals surface area contributed by atoms with Crippen LogP contribution in [0.3, 0.4) is 0 Å². The SMILES string of the molecule is COC(=O)C(C)(C)NC(=O)Cc1cc2c(cc1Br)OCCO2. The number of amides is 1. The molecular formula is C15H18BrNO5. The highest BCUT2D eigenvalue weighted by Crippen LogP contribution is 2.35. The molecule has 0 spiro atoms. The number of halogens is 1. The molecule has 1 aromatic rings. The predicted octanol–water partition coefficient (Wildman–Crippen LogP) is 1.83. The Kier molecular flexibility index (Phi) is 4.95. The smallest absolute Gasteiger partial charge is 0.330 e. The minimum atomic E-state index is -1.08. The molecule has 0 atom stereocenters. The molecule has 22 heavy (non-hydrogen) atoms. The molecule has 0 aliphatic carbocycles. The minimum Gasteiger partial charge on any atom is -0.486 e. The van der Waals surface area contributed by atoms with E-state index in [0.29, 0.717) is 24.7 Å². The van der Waals surface area contributed by atoms with Crippen LogP contribution in [0.25, 0.3) is 0 Å². The van der Waals surface area contributed by atoms with Crippen LogP contribution in [0.2, 0.25) is 0 Å². The summed E-state index contributed by atoms with van der Waals surface area (Å²) >= 11 is 3.42. The highest BCUT2D eigenvalue weighted by atomic mass is 79.9. The summed E-state index contributed by atoms with van der Waals surface area (Å²) in [5.74, 6) is 0.483. The molecule has 0 radical (unpaired) electrons. The Morgan fingerprint density at radius 1 is 1.27 bits per heavy atom. The second kappa shape index (κ2) is 6.56. The molecule has 120 valence electrons. The number of rotatable bonds is 4. The van der Waals surface area contributed by atoms with Crippen LogP contribution in [0.4, 0.5) is 0 Å². The molecule has 0 fully saturated rings. The van der Waals surface area contributed by atoms with E-state index in [9.17, 15) is 9.59 Å². The van der Waals surface area contributed by atoms with Gasteiger partial charge in [0.1, 0.15) is 18.8 Å². The van der Waals surface area contributed by atoms with Crippen LogP contribution in [0.1, 0.15) is 19.4 Å². The Morgan fingerprint density at radius 2 is 1.86 bits per heavy atom. The molecule has 0 aromatic heterocycles. The number of fused-ring (bicyclic) bond motifs is 1. The van der Waals surface area contributed by atoms with Crippen LogP contribution in [0.5, 0.6) is 11.5 Å². The normalized spacial score (nSPS) is 13.5. The van der Waals surface area contributed by atoms with E-state index in [1.807, 2.05) is 0 Å². The number of hydrogen-bond donors (Lipinski definition) is 1. The van der Waals surface area contributed by atoms with Gasteiger partial charge in [0, 0.05) is 4.47 Å². The van der Waals surface area contributed by atoms with Gasteiger partial charge in [0.15, 0.2) is 11.5 Å². The maximum atomic E-state index is 12.2. The van der Waals surface area contributed by atoms with Crippen LogP contribution < -0.4 is 14.8 Å². The summed E-state index contributed by atoms with van der Waals surface area (Å²) in [7, 11) is 1.29. The van der Waals surface area contributed by atoms with Crippen LogP contribution >= 0.6 is 15.9 Å². The maximum absolute atomic E-state index is 12.2. The van der Waals surface area contributed by atoms with Crippen LogP contribution in [0.15, 0.2) is 16.6 Å². The lowest BCUT2D eigenvalue weighted by Crippen LogP contribution is -2.50. The standard InChI is InChI=1S/C15H18BrNO5/c1-15(2,14(19)20-3)17-13(18)7-9-6-11-12(8-10(9)16)22-5-4-21-11/h6,8H,4-5,7H2,1-3H3,(H,17,18). The highest BCUT2D eigenvalue weighted by molar-refractivity contribution is 9.10. The van der Waals surface area contributed by atoms with Crippen molar-refractivity contribution in [1.29, 1.82) is 0 Å². The van der Waals surface area contributed by atoms with Gasteiger partial charge in [-0.3, -0.25) is 4.79 Å². The van der Waals surface area contributed by atoms with Gasteiger partial charge in [-0.1, -0.05) is 15.9 Å². The zero-order chi connectivity index (χ0) is 16.3. The van der Waals surface area contributed by atoms with Gasteiger partial charge in [0.2, 0.25) is 5.91 Å². The van der Waals surface area contributed by atoms with E-state index in [1.54, 1.807) is 26.0 Å². The van der Waals surface area contributed by atoms with Crippen molar-refractivity contribution in [2.45, 2.75) is 25.8 Å². The van der Waals surface area contributed by atoms with Crippen LogP contribution in [0, 0.1) is 0 Å². The van der Waals surface area contributed by atoms with Gasteiger partial charge in [-0.05, 0) is 31.5 Å². The van der Waals surface area contributed by atoms with Gasteiger partial charge in [-0.2, -0.15) is 0 Å². The molecule has 1 aromatic carbocycles. The summed E-state index contributed by atoms with van der Waals surface area (Å²) in [4.78, 5) is 23.8. The van der Waals surface area contributed by atoms with Gasteiger partial charge in [0.25, 0.3) is 0 Å². The van der Waals surface area contributed by atoms with E-state index in [-0.39, 0.29) is 12.3 Å². The van der Waals surface area contributed by atoms with Gasteiger partial charge in [0.05, 0.1) is 13.5 Å². The number of nitrogens with one attached hydrogen (secondary N) is 1. The molecule has 2 rings (SSSR count). The van der Waals surface area contributed by atoms with Crippen LogP contribution in [-0.2, 0) is 20.7 Å². The lowest BCUT2D eigenvalue weighted by Gasteiger charge is -2.23. The first-order valence-electron chi connectivity index (χ1n) is 6.81. The van der Waals surface area contributed by atoms with E-state index in [0.717, 1.165) is 10.0 Å². The third-order valence-electron chi connectivity index (χ3n) is 3.21. The molecular weight excluding hydrogens is 354 g/mol. The van der Waals surface area contributed by atoms with Crippen molar-refractivity contribution in [1.82, 2.24) is 5.32 Å². The molecule has 1 aliphatic rings. The van der Waals surface area contributed by atoms with E-state index in [2.05, 4.69) is 26.0 Å². The molecule has 6 nitrogen and oxygen atoms in total. The minimum absolute atomic E-state index is 0.109. The summed E-state index contributed by atoms with van der Waals surface area (Å²) in [6, 6.07) is 3.55. The molecule has 1 N–H and O–H groups in total. The Bertz CT molecular complexity index is 600.